The highest BCUT2D eigenvalue weighted by Crippen LogP contribution is 2.38. The van der Waals surface area contributed by atoms with E-state index in [9.17, 15) is 19.2 Å². The highest BCUT2D eigenvalue weighted by Gasteiger charge is 2.54. The maximum Gasteiger partial charge on any atom is 0.324 e. The Morgan fingerprint density at radius 2 is 1.76 bits per heavy atom. The van der Waals surface area contributed by atoms with Crippen LogP contribution in [-0.2, 0) is 29.0 Å². The third kappa shape index (κ3) is 4.26. The van der Waals surface area contributed by atoms with Crippen LogP contribution < -0.4 is 10.6 Å². The van der Waals surface area contributed by atoms with E-state index in [1.165, 1.54) is 14.7 Å². The maximum atomic E-state index is 12.8. The Hall–Kier alpha value is -3.88. The second-order valence-corrected chi connectivity index (χ2v) is 8.75. The quantitative estimate of drug-likeness (QED) is 0.680. The van der Waals surface area contributed by atoms with Crippen molar-refractivity contribution in [2.24, 2.45) is 0 Å². The average Bonchev–Trinajstić information content (AvgIpc) is 3.26. The molecule has 33 heavy (non-hydrogen) atoms. The van der Waals surface area contributed by atoms with Crippen molar-refractivity contribution >= 4 is 29.6 Å². The van der Waals surface area contributed by atoms with Crippen molar-refractivity contribution in [2.45, 2.75) is 24.9 Å². The van der Waals surface area contributed by atoms with Crippen molar-refractivity contribution in [3.05, 3.63) is 65.2 Å². The Morgan fingerprint density at radius 3 is 2.39 bits per heavy atom. The van der Waals surface area contributed by atoms with Gasteiger partial charge in [0.15, 0.2) is 0 Å². The highest BCUT2D eigenvalue weighted by atomic mass is 16.2. The lowest BCUT2D eigenvalue weighted by atomic mass is 9.95. The van der Waals surface area contributed by atoms with E-state index in [4.69, 9.17) is 0 Å². The molecule has 1 spiro atoms. The summed E-state index contributed by atoms with van der Waals surface area (Å²) in [4.78, 5) is 54.2. The Labute approximate surface area is 192 Å². The number of hydrogen-bond acceptors (Lipinski definition) is 4. The molecule has 1 unspecified atom stereocenters. The molecule has 1 heterocycles. The number of amides is 6. The minimum Gasteiger partial charge on any atom is -0.331 e. The number of rotatable bonds is 5. The molecule has 1 fully saturated rings. The summed E-state index contributed by atoms with van der Waals surface area (Å²) >= 11 is 0. The van der Waals surface area contributed by atoms with Gasteiger partial charge >= 0.3 is 12.1 Å². The predicted octanol–water partition coefficient (Wildman–Crippen LogP) is 1.83. The Bertz CT molecular complexity index is 1120. The van der Waals surface area contributed by atoms with Crippen LogP contribution in [0, 0.1) is 0 Å². The fraction of sp³-hybridized carbons (Fsp3) is 0.333. The molecule has 6 amide bonds. The van der Waals surface area contributed by atoms with Crippen LogP contribution in [0.1, 0.15) is 16.7 Å². The SMILES string of the molecule is CN(C)C(=O)N(CC(=O)Nc1ccc2c(c1)CC1(C2)C(=O)NC(=O)N1C)Cc1ccccc1. The molecule has 0 bridgehead atoms. The third-order valence-electron chi connectivity index (χ3n) is 6.25. The van der Waals surface area contributed by atoms with E-state index in [2.05, 4.69) is 10.6 Å². The first kappa shape index (κ1) is 22.3. The van der Waals surface area contributed by atoms with Gasteiger partial charge in [0.05, 0.1) is 0 Å². The molecule has 1 aliphatic heterocycles. The van der Waals surface area contributed by atoms with Crippen LogP contribution >= 0.6 is 0 Å². The van der Waals surface area contributed by atoms with Gasteiger partial charge < -0.3 is 20.0 Å². The minimum atomic E-state index is -0.910. The summed E-state index contributed by atoms with van der Waals surface area (Å²) in [6.45, 7) is 0.208. The standard InChI is InChI=1S/C24H27N5O4/c1-27(2)23(33)29(14-16-7-5-4-6-8-16)15-20(30)25-19-10-9-17-12-24(13-18(17)11-19)21(31)26-22(32)28(24)3/h4-11H,12-15H2,1-3H3,(H,25,30)(H,26,31,32). The third-order valence-corrected chi connectivity index (χ3v) is 6.25. The lowest BCUT2D eigenvalue weighted by molar-refractivity contribution is -0.125. The molecular weight excluding hydrogens is 422 g/mol. The number of fused-ring (bicyclic) bond motifs is 1. The second-order valence-electron chi connectivity index (χ2n) is 8.75. The Balaban J connectivity index is 1.46. The Kier molecular flexibility index (Phi) is 5.80. The van der Waals surface area contributed by atoms with E-state index in [0.717, 1.165) is 16.7 Å². The summed E-state index contributed by atoms with van der Waals surface area (Å²) in [6.07, 6.45) is 0.826. The lowest BCUT2D eigenvalue weighted by Crippen LogP contribution is -2.48. The highest BCUT2D eigenvalue weighted by molar-refractivity contribution is 6.07. The normalized spacial score (nSPS) is 18.8. The largest absolute Gasteiger partial charge is 0.331 e. The zero-order chi connectivity index (χ0) is 23.8. The smallest absolute Gasteiger partial charge is 0.324 e. The van der Waals surface area contributed by atoms with Gasteiger partial charge in [-0.05, 0) is 28.8 Å². The van der Waals surface area contributed by atoms with Crippen molar-refractivity contribution < 1.29 is 19.2 Å². The molecule has 1 aliphatic carbocycles. The molecule has 0 radical (unpaired) electrons. The van der Waals surface area contributed by atoms with E-state index in [1.54, 1.807) is 27.2 Å². The van der Waals surface area contributed by atoms with Gasteiger partial charge in [0.1, 0.15) is 12.1 Å². The zero-order valence-electron chi connectivity index (χ0n) is 18.9. The van der Waals surface area contributed by atoms with Gasteiger partial charge in [-0.25, -0.2) is 9.59 Å². The van der Waals surface area contributed by atoms with Gasteiger partial charge in [0.2, 0.25) is 5.91 Å². The van der Waals surface area contributed by atoms with Crippen LogP contribution in [0.25, 0.3) is 0 Å². The summed E-state index contributed by atoms with van der Waals surface area (Å²) in [5.74, 6) is -0.616. The molecule has 2 aromatic rings. The Morgan fingerprint density at radius 1 is 1.06 bits per heavy atom. The fourth-order valence-corrected chi connectivity index (χ4v) is 4.43. The maximum absolute atomic E-state index is 12.8. The molecule has 0 saturated carbocycles. The topological polar surface area (TPSA) is 102 Å². The fourth-order valence-electron chi connectivity index (χ4n) is 4.43. The number of nitrogens with one attached hydrogen (secondary N) is 2. The van der Waals surface area contributed by atoms with Gasteiger partial charge in [-0.1, -0.05) is 36.4 Å². The number of carbonyl (C=O) groups excluding carboxylic acids is 4. The van der Waals surface area contributed by atoms with Crippen LogP contribution in [0.5, 0.6) is 0 Å². The molecule has 2 aromatic carbocycles. The zero-order valence-corrected chi connectivity index (χ0v) is 18.9. The molecule has 4 rings (SSSR count). The predicted molar refractivity (Wildman–Crippen MR) is 122 cm³/mol. The summed E-state index contributed by atoms with van der Waals surface area (Å²) < 4.78 is 0. The number of benzene rings is 2. The molecule has 1 saturated heterocycles. The molecule has 2 N–H and O–H groups in total. The van der Waals surface area contributed by atoms with Crippen LogP contribution in [0.4, 0.5) is 15.3 Å². The number of imide groups is 1. The first-order chi connectivity index (χ1) is 15.7. The van der Waals surface area contributed by atoms with Crippen molar-refractivity contribution in [3.63, 3.8) is 0 Å². The molecule has 172 valence electrons. The van der Waals surface area contributed by atoms with Crippen LogP contribution in [0.2, 0.25) is 0 Å². The van der Waals surface area contributed by atoms with E-state index >= 15 is 0 Å². The number of anilines is 1. The van der Waals surface area contributed by atoms with Gasteiger partial charge in [0.25, 0.3) is 5.91 Å². The van der Waals surface area contributed by atoms with E-state index < -0.39 is 11.6 Å². The van der Waals surface area contributed by atoms with E-state index in [-0.39, 0.29) is 24.4 Å². The first-order valence-electron chi connectivity index (χ1n) is 10.7. The van der Waals surface area contributed by atoms with Gasteiger partial charge in [0, 0.05) is 46.2 Å². The van der Waals surface area contributed by atoms with Gasteiger partial charge in [-0.2, -0.15) is 0 Å². The van der Waals surface area contributed by atoms with Gasteiger partial charge in [-0.3, -0.25) is 14.9 Å². The molecule has 2 aliphatic rings. The molecule has 1 atom stereocenters. The molecule has 9 nitrogen and oxygen atoms in total. The number of nitrogens with zero attached hydrogens (tertiary/aromatic N) is 3. The van der Waals surface area contributed by atoms with E-state index in [1.807, 2.05) is 42.5 Å². The summed E-state index contributed by atoms with van der Waals surface area (Å²) in [5.41, 5.74) is 2.48. The first-order valence-corrected chi connectivity index (χ1v) is 10.7. The van der Waals surface area contributed by atoms with Crippen molar-refractivity contribution in [1.29, 1.82) is 0 Å². The number of likely N-dealkylation sites (N-methyl/N-ethyl adjacent to an activating group) is 1. The summed E-state index contributed by atoms with van der Waals surface area (Å²) in [6, 6.07) is 14.3. The van der Waals surface area contributed by atoms with Crippen LogP contribution in [0.3, 0.4) is 0 Å². The van der Waals surface area contributed by atoms with E-state index in [0.29, 0.717) is 25.1 Å². The summed E-state index contributed by atoms with van der Waals surface area (Å²) in [5, 5.41) is 5.24. The minimum absolute atomic E-state index is 0.105. The van der Waals surface area contributed by atoms with Crippen LogP contribution in [0.15, 0.2) is 48.5 Å². The monoisotopic (exact) mass is 449 g/mol. The number of hydrogen-bond donors (Lipinski definition) is 2. The number of carbonyl (C=O) groups is 4. The van der Waals surface area contributed by atoms with Crippen molar-refractivity contribution in [1.82, 2.24) is 20.0 Å². The van der Waals surface area contributed by atoms with Crippen LogP contribution in [-0.4, -0.2) is 71.8 Å². The van der Waals surface area contributed by atoms with Crippen molar-refractivity contribution in [2.75, 3.05) is 33.0 Å². The lowest BCUT2D eigenvalue weighted by Gasteiger charge is -2.27. The second kappa shape index (κ2) is 8.57. The van der Waals surface area contributed by atoms with Crippen molar-refractivity contribution in [3.8, 4) is 0 Å². The molecule has 9 heteroatoms. The van der Waals surface area contributed by atoms with Gasteiger partial charge in [-0.15, -0.1) is 0 Å². The molecular formula is C24H27N5O4. The molecule has 0 aromatic heterocycles. The summed E-state index contributed by atoms with van der Waals surface area (Å²) in [7, 11) is 4.92. The average molecular weight is 450 g/mol. The number of urea groups is 2.